The number of hydrogen-bond acceptors (Lipinski definition) is 5. The minimum absolute atomic E-state index is 0.239. The molecule has 0 radical (unpaired) electrons. The van der Waals surface area contributed by atoms with Crippen molar-refractivity contribution in [3.8, 4) is 11.1 Å². The highest BCUT2D eigenvalue weighted by atomic mass is 32.2. The van der Waals surface area contributed by atoms with Crippen LogP contribution in [0.1, 0.15) is 39.7 Å². The van der Waals surface area contributed by atoms with E-state index < -0.39 is 29.8 Å². The number of ether oxygens (including phenoxy) is 1. The molecule has 7 nitrogen and oxygen atoms in total. The molecule has 0 fully saturated rings. The average Bonchev–Trinajstić information content (AvgIpc) is 3.38. The lowest BCUT2D eigenvalue weighted by atomic mass is 9.92. The van der Waals surface area contributed by atoms with Crippen LogP contribution in [0.25, 0.3) is 11.1 Å². The minimum Gasteiger partial charge on any atom is -0.480 e. The summed E-state index contributed by atoms with van der Waals surface area (Å²) in [5.74, 6) is -1.92. The lowest BCUT2D eigenvalue weighted by Crippen LogP contribution is -2.41. The second-order valence-corrected chi connectivity index (χ2v) is 10.5. The van der Waals surface area contributed by atoms with Crippen molar-refractivity contribution in [3.63, 3.8) is 0 Å². The number of imidazole rings is 1. The molecule has 2 N–H and O–H groups in total. The normalized spacial score (nSPS) is 12.6. The van der Waals surface area contributed by atoms with Gasteiger partial charge in [0.2, 0.25) is 0 Å². The molecule has 1 unspecified atom stereocenters. The van der Waals surface area contributed by atoms with Crippen LogP contribution >= 0.6 is 11.8 Å². The lowest BCUT2D eigenvalue weighted by molar-refractivity contribution is -0.139. The van der Waals surface area contributed by atoms with Gasteiger partial charge in [-0.3, -0.25) is 4.79 Å². The average molecular weight is 580 g/mol. The molecule has 0 aliphatic carbocycles. The third-order valence-corrected chi connectivity index (χ3v) is 7.34. The maximum absolute atomic E-state index is 13.8. The number of carbonyl (C=O) groups excluding carboxylic acids is 1. The van der Waals surface area contributed by atoms with Crippen molar-refractivity contribution in [2.24, 2.45) is 7.05 Å². The fourth-order valence-electron chi connectivity index (χ4n) is 4.45. The van der Waals surface area contributed by atoms with E-state index in [-0.39, 0.29) is 17.8 Å². The zero-order chi connectivity index (χ0) is 29.4. The van der Waals surface area contributed by atoms with E-state index >= 15 is 0 Å². The Morgan fingerprint density at radius 2 is 1.68 bits per heavy atom. The Bertz CT molecular complexity index is 1480. The molecule has 0 bridgehead atoms. The van der Waals surface area contributed by atoms with Gasteiger partial charge < -0.3 is 19.7 Å². The number of carbonyl (C=O) groups is 2. The summed E-state index contributed by atoms with van der Waals surface area (Å²) in [6, 6.07) is 15.8. The smallest absolute Gasteiger partial charge is 0.326 e. The van der Waals surface area contributed by atoms with Crippen molar-refractivity contribution in [2.45, 2.75) is 25.0 Å². The van der Waals surface area contributed by atoms with Crippen LogP contribution < -0.4 is 5.32 Å². The van der Waals surface area contributed by atoms with Gasteiger partial charge in [-0.05, 0) is 77.1 Å². The maximum atomic E-state index is 13.8. The van der Waals surface area contributed by atoms with Gasteiger partial charge in [-0.25, -0.2) is 18.6 Å². The van der Waals surface area contributed by atoms with Crippen molar-refractivity contribution in [2.75, 3.05) is 18.6 Å². The van der Waals surface area contributed by atoms with Gasteiger partial charge in [0.15, 0.2) is 0 Å². The summed E-state index contributed by atoms with van der Waals surface area (Å²) in [6.07, 6.45) is 5.59. The summed E-state index contributed by atoms with van der Waals surface area (Å²) < 4.78 is 35.8. The van der Waals surface area contributed by atoms with E-state index in [2.05, 4.69) is 10.3 Å². The number of benzene rings is 3. The summed E-state index contributed by atoms with van der Waals surface area (Å²) >= 11 is 1.49. The number of aromatic nitrogens is 2. The highest BCUT2D eigenvalue weighted by molar-refractivity contribution is 7.98. The predicted octanol–water partition coefficient (Wildman–Crippen LogP) is 5.65. The highest BCUT2D eigenvalue weighted by Crippen LogP contribution is 2.33. The van der Waals surface area contributed by atoms with E-state index in [0.717, 1.165) is 5.69 Å². The van der Waals surface area contributed by atoms with Gasteiger partial charge >= 0.3 is 5.97 Å². The van der Waals surface area contributed by atoms with Crippen LogP contribution in [0.2, 0.25) is 0 Å². The Hall–Kier alpha value is -4.02. The molecule has 0 aliphatic rings. The number of aryl methyl sites for hydroxylation is 1. The molecule has 10 heteroatoms. The van der Waals surface area contributed by atoms with Crippen LogP contribution in [0, 0.1) is 11.6 Å². The summed E-state index contributed by atoms with van der Waals surface area (Å²) in [4.78, 5) is 29.3. The van der Waals surface area contributed by atoms with E-state index in [1.54, 1.807) is 55.0 Å². The number of nitrogens with zero attached hydrogens (tertiary/aromatic N) is 2. The van der Waals surface area contributed by atoms with E-state index in [9.17, 15) is 23.5 Å². The van der Waals surface area contributed by atoms with Crippen LogP contribution in [0.5, 0.6) is 0 Å². The molecule has 0 aliphatic heterocycles. The largest absolute Gasteiger partial charge is 0.480 e. The second-order valence-electron chi connectivity index (χ2n) is 9.51. The number of amides is 1. The van der Waals surface area contributed by atoms with E-state index in [4.69, 9.17) is 4.74 Å². The molecule has 4 rings (SSSR count). The monoisotopic (exact) mass is 579 g/mol. The van der Waals surface area contributed by atoms with Crippen LogP contribution in [-0.2, 0) is 23.0 Å². The minimum atomic E-state index is -1.12. The van der Waals surface area contributed by atoms with Crippen LogP contribution in [0.15, 0.2) is 79.3 Å². The fraction of sp³-hybridized carbons (Fsp3) is 0.258. The molecular weight excluding hydrogens is 548 g/mol. The van der Waals surface area contributed by atoms with Gasteiger partial charge in [0, 0.05) is 30.9 Å². The Morgan fingerprint density at radius 1 is 1.02 bits per heavy atom. The number of halogens is 2. The summed E-state index contributed by atoms with van der Waals surface area (Å²) in [6.45, 7) is 0.339. The molecule has 41 heavy (non-hydrogen) atoms. The van der Waals surface area contributed by atoms with E-state index in [1.165, 1.54) is 36.0 Å². The van der Waals surface area contributed by atoms with Gasteiger partial charge in [0.25, 0.3) is 5.91 Å². The highest BCUT2D eigenvalue weighted by Gasteiger charge is 2.24. The number of thioether (sulfide) groups is 1. The first-order valence-corrected chi connectivity index (χ1v) is 14.4. The molecule has 1 aromatic heterocycles. The molecule has 1 amide bonds. The first-order valence-electron chi connectivity index (χ1n) is 13.0. The molecule has 0 saturated carbocycles. The second kappa shape index (κ2) is 14.0. The van der Waals surface area contributed by atoms with E-state index in [0.29, 0.717) is 41.0 Å². The van der Waals surface area contributed by atoms with Gasteiger partial charge in [-0.15, -0.1) is 0 Å². The summed E-state index contributed by atoms with van der Waals surface area (Å²) in [5, 5.41) is 12.3. The Balaban J connectivity index is 1.71. The van der Waals surface area contributed by atoms with Crippen molar-refractivity contribution in [1.82, 2.24) is 14.9 Å². The van der Waals surface area contributed by atoms with Gasteiger partial charge in [-0.1, -0.05) is 30.3 Å². The Kier molecular flexibility index (Phi) is 10.3. The number of carboxylic acids is 1. The quantitative estimate of drug-likeness (QED) is 0.213. The summed E-state index contributed by atoms with van der Waals surface area (Å²) in [5.41, 5.74) is 3.68. The third-order valence-electron chi connectivity index (χ3n) is 6.69. The first kappa shape index (κ1) is 30.0. The van der Waals surface area contributed by atoms with Gasteiger partial charge in [-0.2, -0.15) is 11.8 Å². The molecule has 0 spiro atoms. The Morgan fingerprint density at radius 3 is 2.29 bits per heavy atom. The third kappa shape index (κ3) is 7.80. The zero-order valence-corrected chi connectivity index (χ0v) is 23.5. The van der Waals surface area contributed by atoms with Crippen molar-refractivity contribution >= 4 is 23.6 Å². The number of hydrogen-bond donors (Lipinski definition) is 2. The van der Waals surface area contributed by atoms with Crippen LogP contribution in [-0.4, -0.2) is 51.2 Å². The molecule has 4 aromatic rings. The van der Waals surface area contributed by atoms with E-state index in [1.807, 2.05) is 17.9 Å². The SMILES string of the molecule is CSCC[C@H](NC(=O)c1ccc(C(OCCc2cncn2C)c2ccc(F)cc2)cc1-c1ccc(F)cc1)C(=O)O. The van der Waals surface area contributed by atoms with Crippen molar-refractivity contribution in [1.29, 1.82) is 0 Å². The number of nitrogens with one attached hydrogen (secondary N) is 1. The number of aliphatic carboxylic acids is 1. The maximum Gasteiger partial charge on any atom is 0.326 e. The predicted molar refractivity (Wildman–Crippen MR) is 155 cm³/mol. The molecule has 214 valence electrons. The lowest BCUT2D eigenvalue weighted by Gasteiger charge is -2.22. The number of carboxylic acid groups (broad SMARTS) is 1. The van der Waals surface area contributed by atoms with Gasteiger partial charge in [0.05, 0.1) is 12.9 Å². The van der Waals surface area contributed by atoms with Crippen LogP contribution in [0.4, 0.5) is 8.78 Å². The molecule has 2 atom stereocenters. The van der Waals surface area contributed by atoms with Gasteiger partial charge in [0.1, 0.15) is 23.8 Å². The summed E-state index contributed by atoms with van der Waals surface area (Å²) in [7, 11) is 1.90. The molecule has 0 saturated heterocycles. The first-order chi connectivity index (χ1) is 19.8. The zero-order valence-electron chi connectivity index (χ0n) is 22.7. The molecule has 1 heterocycles. The Labute approximate surface area is 241 Å². The number of rotatable bonds is 13. The molecular formula is C31H31F2N3O4S. The van der Waals surface area contributed by atoms with Crippen molar-refractivity contribution < 1.29 is 28.2 Å². The standard InChI is InChI=1S/C31H31F2N3O4S/c1-36-19-34-18-25(36)13-15-40-29(21-5-10-24(33)11-6-21)22-7-12-26(27(17-22)20-3-8-23(32)9-4-20)30(37)35-28(31(38)39)14-16-41-2/h3-12,17-19,28-29H,13-16H2,1-2H3,(H,35,37)(H,38,39)/t28-,29?/m0/s1. The molecule has 3 aromatic carbocycles. The van der Waals surface area contributed by atoms with Crippen molar-refractivity contribution in [3.05, 3.63) is 113 Å². The fourth-order valence-corrected chi connectivity index (χ4v) is 4.92. The van der Waals surface area contributed by atoms with Crippen LogP contribution in [0.3, 0.4) is 0 Å². The topological polar surface area (TPSA) is 93.5 Å².